The monoisotopic (exact) mass is 313 g/mol. The summed E-state index contributed by atoms with van der Waals surface area (Å²) < 4.78 is 8.42. The lowest BCUT2D eigenvalue weighted by Crippen LogP contribution is -2.23. The first-order valence-corrected chi connectivity index (χ1v) is 7.98. The summed E-state index contributed by atoms with van der Waals surface area (Å²) in [6.07, 6.45) is 1.09. The molecule has 0 saturated heterocycles. The number of aromatic nitrogens is 1. The summed E-state index contributed by atoms with van der Waals surface area (Å²) in [5, 5.41) is 3.38. The van der Waals surface area contributed by atoms with Gasteiger partial charge in [0.2, 0.25) is 0 Å². The Morgan fingerprint density at radius 2 is 2.09 bits per heavy atom. The highest BCUT2D eigenvalue weighted by molar-refractivity contribution is 8.00. The molecule has 22 heavy (non-hydrogen) atoms. The molecule has 6 heteroatoms. The van der Waals surface area contributed by atoms with Crippen LogP contribution in [0.5, 0.6) is 0 Å². The maximum atomic E-state index is 11.2. The average Bonchev–Trinajstić information content (AvgIpc) is 2.92. The first-order valence-electron chi connectivity index (χ1n) is 7.16. The Bertz CT molecular complexity index is 884. The molecular weight excluding hydrogens is 298 g/mol. The van der Waals surface area contributed by atoms with Crippen LogP contribution in [0.15, 0.2) is 50.5 Å². The number of anilines is 1. The molecule has 3 N–H and O–H groups in total. The van der Waals surface area contributed by atoms with Crippen molar-refractivity contribution in [3.05, 3.63) is 58.1 Å². The van der Waals surface area contributed by atoms with Gasteiger partial charge in [0.15, 0.2) is 5.58 Å². The normalized spacial score (nSPS) is 14.0. The van der Waals surface area contributed by atoms with Gasteiger partial charge in [-0.25, -0.2) is 4.79 Å². The van der Waals surface area contributed by atoms with Crippen LogP contribution < -0.4 is 15.8 Å². The molecule has 0 radical (unpaired) electrons. The van der Waals surface area contributed by atoms with Gasteiger partial charge in [0, 0.05) is 17.1 Å². The topological polar surface area (TPSA) is 70.1 Å². The molecule has 0 amide bonds. The molecular formula is C16H15N3O2S. The minimum Gasteiger partial charge on any atom is -0.408 e. The summed E-state index contributed by atoms with van der Waals surface area (Å²) in [5.74, 6) is -0.424. The molecule has 2 heterocycles. The highest BCUT2D eigenvalue weighted by Gasteiger charge is 2.09. The zero-order valence-electron chi connectivity index (χ0n) is 11.8. The van der Waals surface area contributed by atoms with Crippen LogP contribution in [0, 0.1) is 0 Å². The molecule has 5 nitrogen and oxygen atoms in total. The third-order valence-corrected chi connectivity index (χ3v) is 4.60. The number of aromatic amines is 1. The molecule has 2 aromatic carbocycles. The first-order chi connectivity index (χ1) is 10.8. The van der Waals surface area contributed by atoms with Gasteiger partial charge in [0.05, 0.1) is 5.52 Å². The molecule has 0 fully saturated rings. The fraction of sp³-hybridized carbons (Fsp3) is 0.188. The van der Waals surface area contributed by atoms with Crippen molar-refractivity contribution >= 4 is 28.7 Å². The summed E-state index contributed by atoms with van der Waals surface area (Å²) in [4.78, 5) is 14.8. The van der Waals surface area contributed by atoms with Gasteiger partial charge in [-0.15, -0.1) is 0 Å². The fourth-order valence-electron chi connectivity index (χ4n) is 2.65. The lowest BCUT2D eigenvalue weighted by Gasteiger charge is -2.18. The molecule has 1 aliphatic heterocycles. The van der Waals surface area contributed by atoms with E-state index in [0.717, 1.165) is 30.1 Å². The fourth-order valence-corrected chi connectivity index (χ4v) is 3.32. The van der Waals surface area contributed by atoms with Crippen LogP contribution >= 0.6 is 11.9 Å². The van der Waals surface area contributed by atoms with Gasteiger partial charge in [-0.2, -0.15) is 0 Å². The van der Waals surface area contributed by atoms with Crippen molar-refractivity contribution in [2.24, 2.45) is 0 Å². The van der Waals surface area contributed by atoms with Crippen molar-refractivity contribution in [1.29, 1.82) is 0 Å². The summed E-state index contributed by atoms with van der Waals surface area (Å²) in [5.41, 5.74) is 5.14. The molecule has 112 valence electrons. The number of rotatable bonds is 3. The molecule has 3 aromatic rings. The van der Waals surface area contributed by atoms with E-state index < -0.39 is 5.76 Å². The van der Waals surface area contributed by atoms with Crippen LogP contribution in [0.25, 0.3) is 11.1 Å². The molecule has 4 rings (SSSR count). The van der Waals surface area contributed by atoms with E-state index in [1.165, 1.54) is 23.1 Å². The Hall–Kier alpha value is -2.18. The summed E-state index contributed by atoms with van der Waals surface area (Å²) >= 11 is 1.50. The van der Waals surface area contributed by atoms with E-state index >= 15 is 0 Å². The summed E-state index contributed by atoms with van der Waals surface area (Å²) in [6, 6.07) is 12.1. The highest BCUT2D eigenvalue weighted by atomic mass is 32.2. The van der Waals surface area contributed by atoms with Crippen molar-refractivity contribution < 1.29 is 4.42 Å². The van der Waals surface area contributed by atoms with Gasteiger partial charge >= 0.3 is 5.76 Å². The quantitative estimate of drug-likeness (QED) is 0.649. The number of hydrogen-bond donors (Lipinski definition) is 3. The van der Waals surface area contributed by atoms with E-state index in [-0.39, 0.29) is 0 Å². The van der Waals surface area contributed by atoms with E-state index in [0.29, 0.717) is 11.1 Å². The predicted molar refractivity (Wildman–Crippen MR) is 88.2 cm³/mol. The van der Waals surface area contributed by atoms with Crippen LogP contribution in [-0.2, 0) is 13.0 Å². The predicted octanol–water partition coefficient (Wildman–Crippen LogP) is 2.89. The number of hydrogen-bond acceptors (Lipinski definition) is 5. The van der Waals surface area contributed by atoms with E-state index in [4.69, 9.17) is 4.42 Å². The van der Waals surface area contributed by atoms with Crippen molar-refractivity contribution in [2.45, 2.75) is 17.9 Å². The average molecular weight is 313 g/mol. The van der Waals surface area contributed by atoms with Crippen LogP contribution in [-0.4, -0.2) is 11.5 Å². The Morgan fingerprint density at radius 3 is 3.05 bits per heavy atom. The largest absolute Gasteiger partial charge is 0.417 e. The van der Waals surface area contributed by atoms with Crippen molar-refractivity contribution in [3.8, 4) is 0 Å². The van der Waals surface area contributed by atoms with Gasteiger partial charge in [0.25, 0.3) is 0 Å². The second-order valence-electron chi connectivity index (χ2n) is 5.29. The van der Waals surface area contributed by atoms with Gasteiger partial charge in [-0.05, 0) is 66.4 Å². The SMILES string of the molecule is O=c1[nH]c2ccc(SNc3ccc4c(c3)CNCC4)cc2o1. The number of H-pyrrole nitrogens is 1. The highest BCUT2D eigenvalue weighted by Crippen LogP contribution is 2.26. The number of oxazole rings is 1. The summed E-state index contributed by atoms with van der Waals surface area (Å²) in [7, 11) is 0. The third kappa shape index (κ3) is 2.63. The molecule has 0 aliphatic carbocycles. The van der Waals surface area contributed by atoms with Crippen LogP contribution in [0.4, 0.5) is 5.69 Å². The number of fused-ring (bicyclic) bond motifs is 2. The molecule has 1 aromatic heterocycles. The van der Waals surface area contributed by atoms with Gasteiger partial charge < -0.3 is 14.5 Å². The van der Waals surface area contributed by atoms with E-state index in [9.17, 15) is 4.79 Å². The van der Waals surface area contributed by atoms with E-state index in [2.05, 4.69) is 33.2 Å². The molecule has 1 aliphatic rings. The van der Waals surface area contributed by atoms with Gasteiger partial charge in [-0.1, -0.05) is 6.07 Å². The Balaban J connectivity index is 1.52. The Labute approximate surface area is 131 Å². The Kier molecular flexibility index (Phi) is 3.40. The maximum Gasteiger partial charge on any atom is 0.417 e. The smallest absolute Gasteiger partial charge is 0.408 e. The van der Waals surface area contributed by atoms with Crippen molar-refractivity contribution in [1.82, 2.24) is 10.3 Å². The second-order valence-corrected chi connectivity index (χ2v) is 6.17. The molecule has 0 spiro atoms. The van der Waals surface area contributed by atoms with E-state index in [1.54, 1.807) is 0 Å². The number of nitrogens with one attached hydrogen (secondary N) is 3. The zero-order valence-corrected chi connectivity index (χ0v) is 12.6. The molecule has 0 atom stereocenters. The van der Waals surface area contributed by atoms with Gasteiger partial charge in [-0.3, -0.25) is 4.98 Å². The van der Waals surface area contributed by atoms with Crippen molar-refractivity contribution in [2.75, 3.05) is 11.3 Å². The minimum absolute atomic E-state index is 0.424. The standard InChI is InChI=1S/C16H15N3O2S/c20-16-18-14-4-3-13(8-15(14)21-16)22-19-12-2-1-10-5-6-17-9-11(10)7-12/h1-4,7-8,17,19H,5-6,9H2,(H,18,20). The maximum absolute atomic E-state index is 11.2. The molecule has 0 bridgehead atoms. The van der Waals surface area contributed by atoms with Crippen LogP contribution in [0.2, 0.25) is 0 Å². The Morgan fingerprint density at radius 1 is 1.14 bits per heavy atom. The van der Waals surface area contributed by atoms with Crippen LogP contribution in [0.1, 0.15) is 11.1 Å². The summed E-state index contributed by atoms with van der Waals surface area (Å²) in [6.45, 7) is 1.98. The molecule has 0 unspecified atom stereocenters. The van der Waals surface area contributed by atoms with Crippen LogP contribution in [0.3, 0.4) is 0 Å². The third-order valence-electron chi connectivity index (χ3n) is 3.77. The van der Waals surface area contributed by atoms with E-state index in [1.807, 2.05) is 18.2 Å². The second kappa shape index (κ2) is 5.55. The lowest BCUT2D eigenvalue weighted by molar-refractivity contribution is 0.555. The molecule has 0 saturated carbocycles. The first kappa shape index (κ1) is 13.5. The number of benzene rings is 2. The zero-order chi connectivity index (χ0) is 14.9. The minimum atomic E-state index is -0.424. The van der Waals surface area contributed by atoms with Gasteiger partial charge in [0.1, 0.15) is 0 Å². The lowest BCUT2D eigenvalue weighted by atomic mass is 10.0. The van der Waals surface area contributed by atoms with Crippen molar-refractivity contribution in [3.63, 3.8) is 0 Å².